The molecule has 1 unspecified atom stereocenters. The van der Waals surface area contributed by atoms with Crippen LogP contribution in [0.15, 0.2) is 12.7 Å². The van der Waals surface area contributed by atoms with Gasteiger partial charge in [-0.25, -0.2) is 5.06 Å². The standard InChI is InChI=1S/C20H35N3O4/c1-7-10-23(27)16(24)12-14(11-13(2)3)18(25)22-17(20(4,5)6)19(26)21-15-8-9-15/h7,13-15,17,27H,1,8-12H2,2-6H3,(H,21,26)(H,22,25)/t14-,17?/m1/s1. The first-order valence-corrected chi connectivity index (χ1v) is 9.66. The van der Waals surface area contributed by atoms with Gasteiger partial charge in [-0.05, 0) is 30.6 Å². The zero-order chi connectivity index (χ0) is 20.8. The lowest BCUT2D eigenvalue weighted by Gasteiger charge is -2.32. The van der Waals surface area contributed by atoms with Gasteiger partial charge < -0.3 is 10.6 Å². The van der Waals surface area contributed by atoms with Crippen LogP contribution >= 0.6 is 0 Å². The Labute approximate surface area is 162 Å². The summed E-state index contributed by atoms with van der Waals surface area (Å²) in [5.41, 5.74) is -0.465. The molecule has 1 saturated carbocycles. The van der Waals surface area contributed by atoms with Gasteiger partial charge in [-0.3, -0.25) is 19.6 Å². The molecule has 7 nitrogen and oxygen atoms in total. The van der Waals surface area contributed by atoms with E-state index in [1.807, 2.05) is 34.6 Å². The van der Waals surface area contributed by atoms with E-state index in [0.717, 1.165) is 12.8 Å². The molecule has 3 amide bonds. The molecule has 27 heavy (non-hydrogen) atoms. The average molecular weight is 382 g/mol. The minimum atomic E-state index is -0.686. The molecular formula is C20H35N3O4. The maximum atomic E-state index is 12.9. The van der Waals surface area contributed by atoms with E-state index in [1.165, 1.54) is 6.08 Å². The van der Waals surface area contributed by atoms with Crippen molar-refractivity contribution in [3.8, 4) is 0 Å². The molecular weight excluding hydrogens is 346 g/mol. The Bertz CT molecular complexity index is 550. The van der Waals surface area contributed by atoms with Crippen molar-refractivity contribution >= 4 is 17.7 Å². The van der Waals surface area contributed by atoms with Crippen LogP contribution in [0.4, 0.5) is 0 Å². The number of hydrogen-bond acceptors (Lipinski definition) is 4. The first-order chi connectivity index (χ1) is 12.5. The molecule has 1 aliphatic carbocycles. The van der Waals surface area contributed by atoms with Gasteiger partial charge in [-0.2, -0.15) is 0 Å². The fourth-order valence-electron chi connectivity index (χ4n) is 2.84. The van der Waals surface area contributed by atoms with Crippen LogP contribution in [0.2, 0.25) is 0 Å². The van der Waals surface area contributed by atoms with Crippen LogP contribution in [-0.2, 0) is 14.4 Å². The smallest absolute Gasteiger partial charge is 0.247 e. The number of rotatable bonds is 10. The van der Waals surface area contributed by atoms with E-state index in [0.29, 0.717) is 11.5 Å². The van der Waals surface area contributed by atoms with Crippen LogP contribution in [-0.4, -0.2) is 46.6 Å². The van der Waals surface area contributed by atoms with Crippen LogP contribution in [0.5, 0.6) is 0 Å². The Hall–Kier alpha value is -1.89. The van der Waals surface area contributed by atoms with Crippen molar-refractivity contribution in [3.05, 3.63) is 12.7 Å². The van der Waals surface area contributed by atoms with Gasteiger partial charge in [0.1, 0.15) is 6.04 Å². The third kappa shape index (κ3) is 8.12. The van der Waals surface area contributed by atoms with Crippen molar-refractivity contribution < 1.29 is 19.6 Å². The fourth-order valence-corrected chi connectivity index (χ4v) is 2.84. The van der Waals surface area contributed by atoms with E-state index in [4.69, 9.17) is 0 Å². The second-order valence-electron chi connectivity index (χ2n) is 8.89. The molecule has 0 saturated heterocycles. The van der Waals surface area contributed by atoms with E-state index in [2.05, 4.69) is 17.2 Å². The number of nitrogens with one attached hydrogen (secondary N) is 2. The number of carbonyl (C=O) groups excluding carboxylic acids is 3. The zero-order valence-corrected chi connectivity index (χ0v) is 17.2. The summed E-state index contributed by atoms with van der Waals surface area (Å²) in [4.78, 5) is 37.6. The summed E-state index contributed by atoms with van der Waals surface area (Å²) in [6, 6.07) is -0.483. The number of hydroxylamine groups is 2. The van der Waals surface area contributed by atoms with E-state index < -0.39 is 23.3 Å². The summed E-state index contributed by atoms with van der Waals surface area (Å²) < 4.78 is 0. The van der Waals surface area contributed by atoms with Gasteiger partial charge in [0, 0.05) is 18.4 Å². The molecule has 0 aromatic rings. The quantitative estimate of drug-likeness (QED) is 0.307. The Morgan fingerprint density at radius 2 is 1.81 bits per heavy atom. The van der Waals surface area contributed by atoms with Crippen LogP contribution in [0.25, 0.3) is 0 Å². The first-order valence-electron chi connectivity index (χ1n) is 9.66. The van der Waals surface area contributed by atoms with E-state index >= 15 is 0 Å². The van der Waals surface area contributed by atoms with Crippen molar-refractivity contribution in [1.29, 1.82) is 0 Å². The SMILES string of the molecule is C=CCN(O)C(=O)C[C@@H](CC(C)C)C(=O)NC(C(=O)NC1CC1)C(C)(C)C. The van der Waals surface area contributed by atoms with Crippen molar-refractivity contribution in [2.24, 2.45) is 17.3 Å². The van der Waals surface area contributed by atoms with Gasteiger partial charge in [-0.1, -0.05) is 40.7 Å². The van der Waals surface area contributed by atoms with Crippen LogP contribution < -0.4 is 10.6 Å². The van der Waals surface area contributed by atoms with E-state index in [9.17, 15) is 19.6 Å². The monoisotopic (exact) mass is 381 g/mol. The summed E-state index contributed by atoms with van der Waals surface area (Å²) in [5, 5.41) is 16.1. The molecule has 3 N–H and O–H groups in total. The summed E-state index contributed by atoms with van der Waals surface area (Å²) >= 11 is 0. The zero-order valence-electron chi connectivity index (χ0n) is 17.2. The van der Waals surface area contributed by atoms with Gasteiger partial charge in [-0.15, -0.1) is 6.58 Å². The third-order valence-corrected chi connectivity index (χ3v) is 4.48. The van der Waals surface area contributed by atoms with Crippen LogP contribution in [0, 0.1) is 17.3 Å². The van der Waals surface area contributed by atoms with Crippen molar-refractivity contribution in [3.63, 3.8) is 0 Å². The second kappa shape index (κ2) is 9.88. The van der Waals surface area contributed by atoms with Crippen molar-refractivity contribution in [2.75, 3.05) is 6.54 Å². The van der Waals surface area contributed by atoms with Crippen molar-refractivity contribution in [1.82, 2.24) is 15.7 Å². The lowest BCUT2D eigenvalue weighted by molar-refractivity contribution is -0.165. The van der Waals surface area contributed by atoms with Gasteiger partial charge in [0.2, 0.25) is 17.7 Å². The first kappa shape index (κ1) is 23.1. The van der Waals surface area contributed by atoms with Gasteiger partial charge in [0.05, 0.1) is 6.54 Å². The molecule has 0 aromatic carbocycles. The minimum Gasteiger partial charge on any atom is -0.352 e. The Kier molecular flexibility index (Phi) is 8.47. The predicted molar refractivity (Wildman–Crippen MR) is 104 cm³/mol. The largest absolute Gasteiger partial charge is 0.352 e. The number of amides is 3. The maximum absolute atomic E-state index is 12.9. The molecule has 154 valence electrons. The summed E-state index contributed by atoms with van der Waals surface area (Å²) in [5.74, 6) is -1.49. The van der Waals surface area contributed by atoms with Gasteiger partial charge in [0.15, 0.2) is 0 Å². The molecule has 2 atom stereocenters. The fraction of sp³-hybridized carbons (Fsp3) is 0.750. The van der Waals surface area contributed by atoms with Gasteiger partial charge in [0.25, 0.3) is 0 Å². The van der Waals surface area contributed by atoms with E-state index in [1.54, 1.807) is 0 Å². The highest BCUT2D eigenvalue weighted by atomic mass is 16.5. The minimum absolute atomic E-state index is 0.00324. The highest BCUT2D eigenvalue weighted by Gasteiger charge is 2.37. The Balaban J connectivity index is 2.85. The predicted octanol–water partition coefficient (Wildman–Crippen LogP) is 2.25. The molecule has 0 aromatic heterocycles. The maximum Gasteiger partial charge on any atom is 0.247 e. The van der Waals surface area contributed by atoms with Crippen LogP contribution in [0.1, 0.15) is 60.3 Å². The molecule has 1 fully saturated rings. The van der Waals surface area contributed by atoms with Gasteiger partial charge >= 0.3 is 0 Å². The highest BCUT2D eigenvalue weighted by molar-refractivity contribution is 5.91. The highest BCUT2D eigenvalue weighted by Crippen LogP contribution is 2.25. The van der Waals surface area contributed by atoms with Crippen LogP contribution in [0.3, 0.4) is 0 Å². The molecule has 0 aliphatic heterocycles. The number of hydrogen-bond donors (Lipinski definition) is 3. The second-order valence-corrected chi connectivity index (χ2v) is 8.89. The van der Waals surface area contributed by atoms with E-state index in [-0.39, 0.29) is 36.7 Å². The lowest BCUT2D eigenvalue weighted by atomic mass is 9.85. The molecule has 1 rings (SSSR count). The summed E-state index contributed by atoms with van der Waals surface area (Å²) in [6.07, 6.45) is 3.72. The number of nitrogens with zero attached hydrogens (tertiary/aromatic N) is 1. The summed E-state index contributed by atoms with van der Waals surface area (Å²) in [6.45, 7) is 13.1. The topological polar surface area (TPSA) is 98.7 Å². The Morgan fingerprint density at radius 3 is 2.26 bits per heavy atom. The normalized spacial score (nSPS) is 16.4. The lowest BCUT2D eigenvalue weighted by Crippen LogP contribution is -2.55. The molecule has 0 radical (unpaired) electrons. The Morgan fingerprint density at radius 1 is 1.22 bits per heavy atom. The van der Waals surface area contributed by atoms with Crippen molar-refractivity contribution in [2.45, 2.75) is 72.4 Å². The molecule has 0 spiro atoms. The molecule has 0 bridgehead atoms. The molecule has 7 heteroatoms. The molecule has 1 aliphatic rings. The number of carbonyl (C=O) groups is 3. The molecule has 0 heterocycles. The summed E-state index contributed by atoms with van der Waals surface area (Å²) in [7, 11) is 0. The average Bonchev–Trinajstić information content (AvgIpc) is 3.33. The third-order valence-electron chi connectivity index (χ3n) is 4.48.